The Balaban J connectivity index is 2.61. The summed E-state index contributed by atoms with van der Waals surface area (Å²) < 4.78 is 0. The first kappa shape index (κ1) is 16.2. The first-order chi connectivity index (χ1) is 9.60. The largest absolute Gasteiger partial charge is 0.369 e. The summed E-state index contributed by atoms with van der Waals surface area (Å²) in [7, 11) is 0. The molecule has 0 saturated heterocycles. The number of aromatic nitrogens is 2. The Kier molecular flexibility index (Phi) is 6.72. The average Bonchev–Trinajstić information content (AvgIpc) is 2.44. The zero-order valence-electron chi connectivity index (χ0n) is 12.4. The summed E-state index contributed by atoms with van der Waals surface area (Å²) in [6.07, 6.45) is 2.79. The van der Waals surface area contributed by atoms with Gasteiger partial charge in [-0.2, -0.15) is 0 Å². The van der Waals surface area contributed by atoms with Gasteiger partial charge in [-0.3, -0.25) is 4.79 Å². The van der Waals surface area contributed by atoms with E-state index in [2.05, 4.69) is 26.0 Å². The van der Waals surface area contributed by atoms with Crippen LogP contribution in [0.3, 0.4) is 0 Å². The molecule has 7 nitrogen and oxygen atoms in total. The standard InChI is InChI=1S/C13H24N6O/c1-4-6-15-10(20)5-7-16-12-11(9(2)3)13(19-14)18-8-17-12/h8-9H,4-7,14H2,1-3H3,(H,15,20)(H2,16,17,18,19). The molecule has 1 aromatic heterocycles. The zero-order chi connectivity index (χ0) is 15.0. The quantitative estimate of drug-likeness (QED) is 0.421. The number of rotatable bonds is 8. The molecule has 0 aliphatic heterocycles. The molecule has 0 fully saturated rings. The molecule has 0 atom stereocenters. The van der Waals surface area contributed by atoms with Gasteiger partial charge < -0.3 is 16.1 Å². The highest BCUT2D eigenvalue weighted by Gasteiger charge is 2.14. The molecular formula is C13H24N6O. The predicted octanol–water partition coefficient (Wildman–Crippen LogP) is 1.21. The number of amides is 1. The second-order valence-corrected chi connectivity index (χ2v) is 4.81. The van der Waals surface area contributed by atoms with Gasteiger partial charge in [0.15, 0.2) is 0 Å². The van der Waals surface area contributed by atoms with Crippen molar-refractivity contribution in [2.24, 2.45) is 5.84 Å². The van der Waals surface area contributed by atoms with Gasteiger partial charge in [0.1, 0.15) is 18.0 Å². The molecular weight excluding hydrogens is 256 g/mol. The van der Waals surface area contributed by atoms with Gasteiger partial charge in [-0.1, -0.05) is 20.8 Å². The molecule has 7 heteroatoms. The van der Waals surface area contributed by atoms with Crippen LogP contribution in [0.1, 0.15) is 45.1 Å². The third-order valence-corrected chi connectivity index (χ3v) is 2.81. The molecule has 0 aromatic carbocycles. The lowest BCUT2D eigenvalue weighted by Gasteiger charge is -2.16. The van der Waals surface area contributed by atoms with E-state index in [4.69, 9.17) is 5.84 Å². The minimum atomic E-state index is 0.0386. The van der Waals surface area contributed by atoms with E-state index in [-0.39, 0.29) is 11.8 Å². The molecule has 0 spiro atoms. The van der Waals surface area contributed by atoms with Crippen molar-refractivity contribution in [2.45, 2.75) is 39.5 Å². The van der Waals surface area contributed by atoms with Crippen LogP contribution < -0.4 is 21.9 Å². The number of nitrogens with zero attached hydrogens (tertiary/aromatic N) is 2. The topological polar surface area (TPSA) is 105 Å². The number of hydrazine groups is 1. The average molecular weight is 280 g/mol. The molecule has 112 valence electrons. The van der Waals surface area contributed by atoms with E-state index in [0.717, 1.165) is 12.0 Å². The molecule has 0 radical (unpaired) electrons. The molecule has 20 heavy (non-hydrogen) atoms. The number of hydrogen-bond acceptors (Lipinski definition) is 6. The van der Waals surface area contributed by atoms with Crippen LogP contribution in [-0.4, -0.2) is 29.0 Å². The molecule has 0 aliphatic carbocycles. The second kappa shape index (κ2) is 8.31. The summed E-state index contributed by atoms with van der Waals surface area (Å²) in [6, 6.07) is 0. The van der Waals surface area contributed by atoms with E-state index < -0.39 is 0 Å². The molecule has 1 rings (SSSR count). The van der Waals surface area contributed by atoms with Crippen LogP contribution in [0.2, 0.25) is 0 Å². The number of anilines is 2. The molecule has 5 N–H and O–H groups in total. The van der Waals surface area contributed by atoms with Gasteiger partial charge in [-0.25, -0.2) is 15.8 Å². The first-order valence-electron chi connectivity index (χ1n) is 6.92. The summed E-state index contributed by atoms with van der Waals surface area (Å²) in [4.78, 5) is 19.8. The van der Waals surface area contributed by atoms with Crippen LogP contribution >= 0.6 is 0 Å². The summed E-state index contributed by atoms with van der Waals surface area (Å²) in [6.45, 7) is 7.34. The zero-order valence-corrected chi connectivity index (χ0v) is 12.4. The molecule has 0 aliphatic rings. The molecule has 1 heterocycles. The van der Waals surface area contributed by atoms with E-state index >= 15 is 0 Å². The van der Waals surface area contributed by atoms with Crippen LogP contribution in [-0.2, 0) is 4.79 Å². The number of hydrogen-bond donors (Lipinski definition) is 4. The first-order valence-corrected chi connectivity index (χ1v) is 6.92. The lowest BCUT2D eigenvalue weighted by molar-refractivity contribution is -0.120. The fraction of sp³-hybridized carbons (Fsp3) is 0.615. The van der Waals surface area contributed by atoms with E-state index in [1.165, 1.54) is 6.33 Å². The van der Waals surface area contributed by atoms with Crippen LogP contribution in [0.5, 0.6) is 0 Å². The van der Waals surface area contributed by atoms with Crippen LogP contribution in [0.4, 0.5) is 11.6 Å². The Bertz CT molecular complexity index is 435. The van der Waals surface area contributed by atoms with E-state index in [1.54, 1.807) is 0 Å². The summed E-state index contributed by atoms with van der Waals surface area (Å²) in [5, 5.41) is 6.00. The van der Waals surface area contributed by atoms with Crippen molar-refractivity contribution in [1.29, 1.82) is 0 Å². The number of carbonyl (C=O) groups excluding carboxylic acids is 1. The van der Waals surface area contributed by atoms with E-state index in [9.17, 15) is 4.79 Å². The van der Waals surface area contributed by atoms with Gasteiger partial charge in [0, 0.05) is 25.1 Å². The van der Waals surface area contributed by atoms with Crippen molar-refractivity contribution in [3.8, 4) is 0 Å². The van der Waals surface area contributed by atoms with Crippen LogP contribution in [0.15, 0.2) is 6.33 Å². The number of nitrogens with two attached hydrogens (primary N) is 1. The van der Waals surface area contributed by atoms with Crippen molar-refractivity contribution in [2.75, 3.05) is 23.8 Å². The monoisotopic (exact) mass is 280 g/mol. The van der Waals surface area contributed by atoms with Crippen LogP contribution in [0.25, 0.3) is 0 Å². The maximum absolute atomic E-state index is 11.5. The van der Waals surface area contributed by atoms with Gasteiger partial charge in [-0.15, -0.1) is 0 Å². The minimum absolute atomic E-state index is 0.0386. The maximum Gasteiger partial charge on any atom is 0.221 e. The fourth-order valence-corrected chi connectivity index (χ4v) is 1.85. The highest BCUT2D eigenvalue weighted by Crippen LogP contribution is 2.27. The van der Waals surface area contributed by atoms with Gasteiger partial charge in [0.05, 0.1) is 0 Å². The molecule has 0 saturated carbocycles. The maximum atomic E-state index is 11.5. The Morgan fingerprint density at radius 2 is 2.00 bits per heavy atom. The number of nitrogens with one attached hydrogen (secondary N) is 3. The Labute approximate surface area is 119 Å². The molecule has 0 unspecified atom stereocenters. The number of nitrogen functional groups attached to an aromatic ring is 1. The lowest BCUT2D eigenvalue weighted by atomic mass is 10.0. The molecule has 1 amide bonds. The Morgan fingerprint density at radius 1 is 1.30 bits per heavy atom. The third-order valence-electron chi connectivity index (χ3n) is 2.81. The summed E-state index contributed by atoms with van der Waals surface area (Å²) >= 11 is 0. The SMILES string of the molecule is CCCNC(=O)CCNc1ncnc(NN)c1C(C)C. The van der Waals surface area contributed by atoms with Gasteiger partial charge in [0.25, 0.3) is 0 Å². The van der Waals surface area contributed by atoms with Gasteiger partial charge in [-0.05, 0) is 12.3 Å². The third kappa shape index (κ3) is 4.65. The Hall–Kier alpha value is -1.89. The second-order valence-electron chi connectivity index (χ2n) is 4.81. The highest BCUT2D eigenvalue weighted by molar-refractivity contribution is 5.76. The molecule has 0 bridgehead atoms. The summed E-state index contributed by atoms with van der Waals surface area (Å²) in [5.74, 6) is 7.04. The normalized spacial score (nSPS) is 10.4. The van der Waals surface area contributed by atoms with Crippen LogP contribution in [0, 0.1) is 0 Å². The number of carbonyl (C=O) groups is 1. The predicted molar refractivity (Wildman–Crippen MR) is 80.3 cm³/mol. The summed E-state index contributed by atoms with van der Waals surface area (Å²) in [5.41, 5.74) is 3.49. The minimum Gasteiger partial charge on any atom is -0.369 e. The van der Waals surface area contributed by atoms with E-state index in [1.807, 2.05) is 20.8 Å². The van der Waals surface area contributed by atoms with Gasteiger partial charge >= 0.3 is 0 Å². The van der Waals surface area contributed by atoms with Gasteiger partial charge in [0.2, 0.25) is 5.91 Å². The van der Waals surface area contributed by atoms with Crippen molar-refractivity contribution in [3.05, 3.63) is 11.9 Å². The molecule has 1 aromatic rings. The van der Waals surface area contributed by atoms with Crippen molar-refractivity contribution < 1.29 is 4.79 Å². The highest BCUT2D eigenvalue weighted by atomic mass is 16.1. The van der Waals surface area contributed by atoms with Crippen molar-refractivity contribution in [3.63, 3.8) is 0 Å². The Morgan fingerprint density at radius 3 is 2.60 bits per heavy atom. The van der Waals surface area contributed by atoms with Crippen molar-refractivity contribution >= 4 is 17.5 Å². The fourth-order valence-electron chi connectivity index (χ4n) is 1.85. The lowest BCUT2D eigenvalue weighted by Crippen LogP contribution is -2.26. The van der Waals surface area contributed by atoms with Crippen molar-refractivity contribution in [1.82, 2.24) is 15.3 Å². The van der Waals surface area contributed by atoms with E-state index in [0.29, 0.717) is 31.1 Å². The smallest absolute Gasteiger partial charge is 0.221 e.